The van der Waals surface area contributed by atoms with Gasteiger partial charge in [-0.1, -0.05) is 0 Å². The van der Waals surface area contributed by atoms with E-state index in [1.54, 1.807) is 0 Å². The van der Waals surface area contributed by atoms with Gasteiger partial charge >= 0.3 is 0 Å². The van der Waals surface area contributed by atoms with Crippen LogP contribution in [-0.4, -0.2) is 43.5 Å². The van der Waals surface area contributed by atoms with E-state index < -0.39 is 14.6 Å². The van der Waals surface area contributed by atoms with E-state index in [0.29, 0.717) is 19.4 Å². The SMILES string of the molecule is CN1CCCC(S(=O)(=O)C2(C#N)CC2)C1. The number of sulfone groups is 1. The first-order chi connectivity index (χ1) is 7.02. The van der Waals surface area contributed by atoms with Crippen LogP contribution in [0.1, 0.15) is 25.7 Å². The molecule has 0 aromatic carbocycles. The third-order valence-electron chi connectivity index (χ3n) is 3.47. The van der Waals surface area contributed by atoms with Crippen molar-refractivity contribution in [3.05, 3.63) is 0 Å². The van der Waals surface area contributed by atoms with E-state index in [-0.39, 0.29) is 5.25 Å². The zero-order chi connectivity index (χ0) is 11.1. The summed E-state index contributed by atoms with van der Waals surface area (Å²) in [5.74, 6) is 0. The van der Waals surface area contributed by atoms with Crippen LogP contribution in [0.25, 0.3) is 0 Å². The highest BCUT2D eigenvalue weighted by molar-refractivity contribution is 7.94. The molecule has 4 nitrogen and oxygen atoms in total. The first-order valence-corrected chi connectivity index (χ1v) is 6.90. The van der Waals surface area contributed by atoms with Crippen molar-refractivity contribution in [2.75, 3.05) is 20.1 Å². The number of likely N-dealkylation sites (tertiary alicyclic amines) is 1. The van der Waals surface area contributed by atoms with E-state index in [0.717, 1.165) is 19.4 Å². The Morgan fingerprint density at radius 2 is 2.13 bits per heavy atom. The van der Waals surface area contributed by atoms with Crippen molar-refractivity contribution in [2.24, 2.45) is 0 Å². The zero-order valence-electron chi connectivity index (χ0n) is 8.94. The third kappa shape index (κ3) is 1.66. The maximum Gasteiger partial charge on any atom is 0.173 e. The molecule has 0 aromatic heterocycles. The van der Waals surface area contributed by atoms with Gasteiger partial charge in [-0.15, -0.1) is 0 Å². The molecule has 0 radical (unpaired) electrons. The van der Waals surface area contributed by atoms with Gasteiger partial charge in [-0.05, 0) is 39.3 Å². The first kappa shape index (κ1) is 10.9. The Hall–Kier alpha value is -0.600. The Bertz CT molecular complexity index is 392. The van der Waals surface area contributed by atoms with Gasteiger partial charge in [0.2, 0.25) is 0 Å². The summed E-state index contributed by atoms with van der Waals surface area (Å²) in [5, 5.41) is 8.63. The minimum atomic E-state index is -3.24. The molecule has 0 spiro atoms. The molecule has 0 aromatic rings. The highest BCUT2D eigenvalue weighted by Gasteiger charge is 2.58. The van der Waals surface area contributed by atoms with Gasteiger partial charge in [0.1, 0.15) is 0 Å². The van der Waals surface area contributed by atoms with Crippen LogP contribution < -0.4 is 0 Å². The molecular formula is C10H16N2O2S. The van der Waals surface area contributed by atoms with Crippen molar-refractivity contribution < 1.29 is 8.42 Å². The molecule has 1 saturated heterocycles. The highest BCUT2D eigenvalue weighted by Crippen LogP contribution is 2.45. The molecule has 1 atom stereocenters. The van der Waals surface area contributed by atoms with Gasteiger partial charge in [0.25, 0.3) is 0 Å². The van der Waals surface area contributed by atoms with Crippen LogP contribution in [0.5, 0.6) is 0 Å². The molecule has 1 unspecified atom stereocenters. The van der Waals surface area contributed by atoms with Crippen LogP contribution in [0.15, 0.2) is 0 Å². The second-order valence-electron chi connectivity index (χ2n) is 4.68. The Morgan fingerprint density at radius 1 is 1.47 bits per heavy atom. The second kappa shape index (κ2) is 3.46. The lowest BCUT2D eigenvalue weighted by Gasteiger charge is -2.30. The standard InChI is InChI=1S/C10H16N2O2S/c1-12-6-2-3-9(7-12)15(13,14)10(8-11)4-5-10/h9H,2-7H2,1H3. The summed E-state index contributed by atoms with van der Waals surface area (Å²) >= 11 is 0. The highest BCUT2D eigenvalue weighted by atomic mass is 32.2. The van der Waals surface area contributed by atoms with Gasteiger partial charge in [0, 0.05) is 6.54 Å². The molecule has 0 amide bonds. The smallest absolute Gasteiger partial charge is 0.173 e. The molecule has 2 fully saturated rings. The topological polar surface area (TPSA) is 61.2 Å². The number of nitriles is 1. The predicted octanol–water partition coefficient (Wildman–Crippen LogP) is 0.552. The summed E-state index contributed by atoms with van der Waals surface area (Å²) in [6, 6.07) is 2.00. The van der Waals surface area contributed by atoms with Crippen LogP contribution in [0.3, 0.4) is 0 Å². The quantitative estimate of drug-likeness (QED) is 0.692. The summed E-state index contributed by atoms with van der Waals surface area (Å²) in [4.78, 5) is 2.04. The summed E-state index contributed by atoms with van der Waals surface area (Å²) < 4.78 is 23.4. The Labute approximate surface area is 90.8 Å². The fourth-order valence-corrected chi connectivity index (χ4v) is 4.63. The third-order valence-corrected chi connectivity index (χ3v) is 6.32. The molecule has 5 heteroatoms. The van der Waals surface area contributed by atoms with E-state index in [4.69, 9.17) is 5.26 Å². The molecule has 84 valence electrons. The summed E-state index contributed by atoms with van der Waals surface area (Å²) in [6.45, 7) is 1.55. The van der Waals surface area contributed by atoms with Gasteiger partial charge in [-0.25, -0.2) is 8.42 Å². The molecule has 15 heavy (non-hydrogen) atoms. The molecule has 1 aliphatic heterocycles. The number of nitrogens with zero attached hydrogens (tertiary/aromatic N) is 2. The molecule has 1 saturated carbocycles. The number of rotatable bonds is 2. The van der Waals surface area contributed by atoms with Crippen molar-refractivity contribution >= 4 is 9.84 Å². The minimum Gasteiger partial charge on any atom is -0.305 e. The predicted molar refractivity (Wildman–Crippen MR) is 57.0 cm³/mol. The maximum absolute atomic E-state index is 12.2. The number of hydrogen-bond acceptors (Lipinski definition) is 4. The summed E-state index contributed by atoms with van der Waals surface area (Å²) in [5.41, 5.74) is 0. The fraction of sp³-hybridized carbons (Fsp3) is 0.900. The average molecular weight is 228 g/mol. The monoisotopic (exact) mass is 228 g/mol. The van der Waals surface area contributed by atoms with Gasteiger partial charge in [-0.2, -0.15) is 5.26 Å². The van der Waals surface area contributed by atoms with E-state index in [1.165, 1.54) is 0 Å². The van der Waals surface area contributed by atoms with Gasteiger partial charge in [0.05, 0.1) is 11.3 Å². The van der Waals surface area contributed by atoms with Crippen LogP contribution in [0.4, 0.5) is 0 Å². The van der Waals surface area contributed by atoms with Gasteiger partial charge in [-0.3, -0.25) is 0 Å². The summed E-state index contributed by atoms with van der Waals surface area (Å²) in [7, 11) is -1.30. The number of hydrogen-bond donors (Lipinski definition) is 0. The summed E-state index contributed by atoms with van der Waals surface area (Å²) in [6.07, 6.45) is 2.70. The molecule has 2 rings (SSSR count). The molecule has 1 heterocycles. The Balaban J connectivity index is 2.20. The minimum absolute atomic E-state index is 0.321. The van der Waals surface area contributed by atoms with E-state index in [1.807, 2.05) is 18.0 Å². The largest absolute Gasteiger partial charge is 0.305 e. The second-order valence-corrected chi connectivity index (χ2v) is 7.22. The Morgan fingerprint density at radius 3 is 2.60 bits per heavy atom. The average Bonchev–Trinajstić information content (AvgIpc) is 2.98. The maximum atomic E-state index is 12.2. The van der Waals surface area contributed by atoms with Crippen molar-refractivity contribution in [1.82, 2.24) is 4.90 Å². The Kier molecular flexibility index (Phi) is 2.52. The lowest BCUT2D eigenvalue weighted by Crippen LogP contribution is -2.44. The number of piperidine rings is 1. The first-order valence-electron chi connectivity index (χ1n) is 5.35. The van der Waals surface area contributed by atoms with Crippen molar-refractivity contribution in [2.45, 2.75) is 35.7 Å². The zero-order valence-corrected chi connectivity index (χ0v) is 9.76. The van der Waals surface area contributed by atoms with Crippen LogP contribution in [0.2, 0.25) is 0 Å². The van der Waals surface area contributed by atoms with Crippen LogP contribution in [0, 0.1) is 11.3 Å². The van der Waals surface area contributed by atoms with Gasteiger partial charge < -0.3 is 4.90 Å². The molecule has 1 aliphatic carbocycles. The lowest BCUT2D eigenvalue weighted by molar-refractivity contribution is 0.277. The molecule has 0 N–H and O–H groups in total. The molecular weight excluding hydrogens is 212 g/mol. The normalized spacial score (nSPS) is 30.8. The van der Waals surface area contributed by atoms with Crippen molar-refractivity contribution in [3.8, 4) is 6.07 Å². The van der Waals surface area contributed by atoms with Gasteiger partial charge in [0.15, 0.2) is 14.6 Å². The fourth-order valence-electron chi connectivity index (χ4n) is 2.26. The van der Waals surface area contributed by atoms with E-state index >= 15 is 0 Å². The molecule has 0 bridgehead atoms. The van der Waals surface area contributed by atoms with E-state index in [9.17, 15) is 8.42 Å². The van der Waals surface area contributed by atoms with Crippen LogP contribution in [-0.2, 0) is 9.84 Å². The van der Waals surface area contributed by atoms with Crippen molar-refractivity contribution in [1.29, 1.82) is 5.26 Å². The van der Waals surface area contributed by atoms with E-state index in [2.05, 4.69) is 0 Å². The van der Waals surface area contributed by atoms with Crippen molar-refractivity contribution in [3.63, 3.8) is 0 Å². The molecule has 2 aliphatic rings. The van der Waals surface area contributed by atoms with Crippen LogP contribution >= 0.6 is 0 Å². The lowest BCUT2D eigenvalue weighted by atomic mass is 10.1.